The molecule has 1 aromatic rings. The molecule has 1 aliphatic heterocycles. The van der Waals surface area contributed by atoms with Gasteiger partial charge >= 0.3 is 0 Å². The minimum Gasteiger partial charge on any atom is -0.344 e. The molecule has 0 saturated carbocycles. The van der Waals surface area contributed by atoms with Crippen molar-refractivity contribution in [1.82, 2.24) is 9.88 Å². The van der Waals surface area contributed by atoms with Crippen molar-refractivity contribution in [3.05, 3.63) is 10.6 Å². The predicted octanol–water partition coefficient (Wildman–Crippen LogP) is 2.78. The van der Waals surface area contributed by atoms with Crippen LogP contribution in [0.5, 0.6) is 0 Å². The zero-order valence-corrected chi connectivity index (χ0v) is 14.0. The molecule has 0 N–H and O–H groups in total. The van der Waals surface area contributed by atoms with Crippen LogP contribution in [0.1, 0.15) is 49.5 Å². The Hall–Kier alpha value is -0.940. The maximum Gasteiger partial charge on any atom is 0.186 e. The quantitative estimate of drug-likeness (QED) is 0.786. The Morgan fingerprint density at radius 3 is 2.60 bits per heavy atom. The van der Waals surface area contributed by atoms with E-state index < -0.39 is 0 Å². The summed E-state index contributed by atoms with van der Waals surface area (Å²) in [6.07, 6.45) is 2.10. The normalized spacial score (nSPS) is 21.9. The van der Waals surface area contributed by atoms with Gasteiger partial charge in [0.25, 0.3) is 0 Å². The third-order valence-electron chi connectivity index (χ3n) is 3.75. The summed E-state index contributed by atoms with van der Waals surface area (Å²) >= 11 is 1.54. The number of anilines is 1. The van der Waals surface area contributed by atoms with Gasteiger partial charge in [-0.1, -0.05) is 32.1 Å². The van der Waals surface area contributed by atoms with E-state index in [2.05, 4.69) is 44.5 Å². The van der Waals surface area contributed by atoms with Crippen LogP contribution in [0.3, 0.4) is 0 Å². The molecule has 0 aromatic carbocycles. The van der Waals surface area contributed by atoms with Gasteiger partial charge in [-0.3, -0.25) is 4.79 Å². The van der Waals surface area contributed by atoms with E-state index in [9.17, 15) is 4.79 Å². The maximum absolute atomic E-state index is 11.3. The standard InChI is InChI=1S/C15H25N3OS/c1-11-9-17(5)7-6-8-18(11)14-16-13(15(2,3)4)12(10-19)20-14/h10-11H,6-9H2,1-5H3. The summed E-state index contributed by atoms with van der Waals surface area (Å²) < 4.78 is 0. The molecule has 4 nitrogen and oxygen atoms in total. The molecule has 1 fully saturated rings. The molecule has 1 atom stereocenters. The van der Waals surface area contributed by atoms with Crippen molar-refractivity contribution >= 4 is 22.8 Å². The topological polar surface area (TPSA) is 36.4 Å². The molecule has 0 amide bonds. The molecule has 20 heavy (non-hydrogen) atoms. The minimum atomic E-state index is -0.0864. The second kappa shape index (κ2) is 5.82. The number of nitrogens with zero attached hydrogens (tertiary/aromatic N) is 3. The Kier molecular flexibility index (Phi) is 4.49. The average molecular weight is 295 g/mol. The van der Waals surface area contributed by atoms with Crippen LogP contribution in [0.2, 0.25) is 0 Å². The van der Waals surface area contributed by atoms with Gasteiger partial charge in [-0.25, -0.2) is 4.98 Å². The Morgan fingerprint density at radius 1 is 1.35 bits per heavy atom. The molecular formula is C15H25N3OS. The lowest BCUT2D eigenvalue weighted by atomic mass is 9.91. The summed E-state index contributed by atoms with van der Waals surface area (Å²) in [6.45, 7) is 11.7. The lowest BCUT2D eigenvalue weighted by molar-refractivity contribution is 0.112. The van der Waals surface area contributed by atoms with Crippen LogP contribution in [0.15, 0.2) is 0 Å². The summed E-state index contributed by atoms with van der Waals surface area (Å²) in [5.41, 5.74) is 0.842. The van der Waals surface area contributed by atoms with Crippen molar-refractivity contribution in [2.75, 3.05) is 31.6 Å². The van der Waals surface area contributed by atoms with Crippen LogP contribution in [-0.2, 0) is 5.41 Å². The average Bonchev–Trinajstić information content (AvgIpc) is 2.70. The fourth-order valence-corrected chi connectivity index (χ4v) is 3.94. The van der Waals surface area contributed by atoms with E-state index in [-0.39, 0.29) is 5.41 Å². The number of aromatic nitrogens is 1. The smallest absolute Gasteiger partial charge is 0.186 e. The SMILES string of the molecule is CC1CN(C)CCCN1c1nc(C(C)(C)C)c(C=O)s1. The van der Waals surface area contributed by atoms with Crippen molar-refractivity contribution in [1.29, 1.82) is 0 Å². The van der Waals surface area contributed by atoms with Gasteiger partial charge in [-0.05, 0) is 26.9 Å². The van der Waals surface area contributed by atoms with Crippen LogP contribution in [0.4, 0.5) is 5.13 Å². The molecule has 2 rings (SSSR count). The van der Waals surface area contributed by atoms with E-state index >= 15 is 0 Å². The number of carbonyl (C=O) groups is 1. The van der Waals surface area contributed by atoms with Crippen LogP contribution in [0.25, 0.3) is 0 Å². The highest BCUT2D eigenvalue weighted by Gasteiger charge is 2.27. The lowest BCUT2D eigenvalue weighted by Crippen LogP contribution is -2.38. The van der Waals surface area contributed by atoms with Gasteiger partial charge in [-0.15, -0.1) is 0 Å². The van der Waals surface area contributed by atoms with Gasteiger partial charge in [0.15, 0.2) is 11.4 Å². The molecule has 5 heteroatoms. The Labute approximate surface area is 125 Å². The van der Waals surface area contributed by atoms with Gasteiger partial charge < -0.3 is 9.80 Å². The van der Waals surface area contributed by atoms with Crippen LogP contribution in [-0.4, -0.2) is 48.9 Å². The summed E-state index contributed by atoms with van der Waals surface area (Å²) in [6, 6.07) is 0.431. The van der Waals surface area contributed by atoms with Gasteiger partial charge in [0.05, 0.1) is 10.6 Å². The fourth-order valence-electron chi connectivity index (χ4n) is 2.72. The highest BCUT2D eigenvalue weighted by molar-refractivity contribution is 7.17. The predicted molar refractivity (Wildman–Crippen MR) is 85.1 cm³/mol. The highest BCUT2D eigenvalue weighted by Crippen LogP contribution is 2.34. The van der Waals surface area contributed by atoms with Gasteiger partial charge in [0, 0.05) is 24.5 Å². The summed E-state index contributed by atoms with van der Waals surface area (Å²) in [7, 11) is 2.17. The molecule has 1 aliphatic rings. The van der Waals surface area contributed by atoms with E-state index in [0.717, 1.165) is 48.0 Å². The first-order chi connectivity index (χ1) is 9.32. The van der Waals surface area contributed by atoms with E-state index in [4.69, 9.17) is 4.98 Å². The molecule has 2 heterocycles. The molecule has 1 unspecified atom stereocenters. The fraction of sp³-hybridized carbons (Fsp3) is 0.733. The number of rotatable bonds is 2. The Bertz CT molecular complexity index is 478. The number of hydrogen-bond acceptors (Lipinski definition) is 5. The summed E-state index contributed by atoms with van der Waals surface area (Å²) in [4.78, 5) is 21.6. The first kappa shape index (κ1) is 15.4. The largest absolute Gasteiger partial charge is 0.344 e. The zero-order chi connectivity index (χ0) is 14.9. The second-order valence-electron chi connectivity index (χ2n) is 6.74. The molecule has 0 radical (unpaired) electrons. The maximum atomic E-state index is 11.3. The monoisotopic (exact) mass is 295 g/mol. The van der Waals surface area contributed by atoms with E-state index in [1.165, 1.54) is 11.3 Å². The number of carbonyl (C=O) groups excluding carboxylic acids is 1. The van der Waals surface area contributed by atoms with Crippen molar-refractivity contribution in [3.8, 4) is 0 Å². The first-order valence-electron chi connectivity index (χ1n) is 7.24. The highest BCUT2D eigenvalue weighted by atomic mass is 32.1. The summed E-state index contributed by atoms with van der Waals surface area (Å²) in [5.74, 6) is 0. The van der Waals surface area contributed by atoms with E-state index in [0.29, 0.717) is 6.04 Å². The van der Waals surface area contributed by atoms with Crippen LogP contribution >= 0.6 is 11.3 Å². The van der Waals surface area contributed by atoms with Crippen molar-refractivity contribution in [3.63, 3.8) is 0 Å². The van der Waals surface area contributed by atoms with Crippen molar-refractivity contribution in [2.45, 2.75) is 45.6 Å². The lowest BCUT2D eigenvalue weighted by Gasteiger charge is -2.27. The van der Waals surface area contributed by atoms with Crippen molar-refractivity contribution in [2.24, 2.45) is 0 Å². The van der Waals surface area contributed by atoms with Gasteiger partial charge in [0.2, 0.25) is 0 Å². The zero-order valence-electron chi connectivity index (χ0n) is 13.1. The van der Waals surface area contributed by atoms with Gasteiger partial charge in [-0.2, -0.15) is 0 Å². The third-order valence-corrected chi connectivity index (χ3v) is 4.77. The third kappa shape index (κ3) is 3.20. The molecule has 1 aromatic heterocycles. The van der Waals surface area contributed by atoms with Gasteiger partial charge in [0.1, 0.15) is 0 Å². The molecular weight excluding hydrogens is 270 g/mol. The van der Waals surface area contributed by atoms with E-state index in [1.807, 2.05) is 0 Å². The molecule has 0 bridgehead atoms. The number of hydrogen-bond donors (Lipinski definition) is 0. The summed E-state index contributed by atoms with van der Waals surface area (Å²) in [5, 5.41) is 1.000. The van der Waals surface area contributed by atoms with Crippen LogP contribution in [0, 0.1) is 0 Å². The molecule has 1 saturated heterocycles. The molecule has 112 valence electrons. The molecule has 0 spiro atoms. The Morgan fingerprint density at radius 2 is 2.05 bits per heavy atom. The number of likely N-dealkylation sites (N-methyl/N-ethyl adjacent to an activating group) is 1. The van der Waals surface area contributed by atoms with Crippen molar-refractivity contribution < 1.29 is 4.79 Å². The van der Waals surface area contributed by atoms with E-state index in [1.54, 1.807) is 0 Å². The first-order valence-corrected chi connectivity index (χ1v) is 8.06. The Balaban J connectivity index is 2.32. The van der Waals surface area contributed by atoms with Crippen LogP contribution < -0.4 is 4.90 Å². The molecule has 0 aliphatic carbocycles. The minimum absolute atomic E-state index is 0.0864. The number of thiazole rings is 1. The number of aldehydes is 1. The second-order valence-corrected chi connectivity index (χ2v) is 7.74.